The van der Waals surface area contributed by atoms with Crippen LogP contribution in [0, 0.1) is 0 Å². The van der Waals surface area contributed by atoms with E-state index in [1.807, 2.05) is 0 Å². The van der Waals surface area contributed by atoms with E-state index in [2.05, 4.69) is 11.9 Å². The van der Waals surface area contributed by atoms with Gasteiger partial charge in [0.2, 0.25) is 5.91 Å². The number of anilines is 1. The van der Waals surface area contributed by atoms with Crippen molar-refractivity contribution in [3.05, 3.63) is 42.5 Å². The zero-order valence-corrected chi connectivity index (χ0v) is 8.54. The van der Waals surface area contributed by atoms with Crippen molar-refractivity contribution in [3.63, 3.8) is 0 Å². The van der Waals surface area contributed by atoms with E-state index >= 15 is 0 Å². The van der Waals surface area contributed by atoms with Gasteiger partial charge in [0.05, 0.1) is 5.92 Å². The number of nitrogens with one attached hydrogen (secondary N) is 1. The molecule has 1 atom stereocenters. The molecule has 1 aromatic rings. The lowest BCUT2D eigenvalue weighted by Gasteiger charge is -2.08. The predicted octanol–water partition coefficient (Wildman–Crippen LogP) is 2.93. The molecule has 1 unspecified atom stereocenters. The largest absolute Gasteiger partial charge is 0.322 e. The Hall–Kier alpha value is -1.71. The fourth-order valence-corrected chi connectivity index (χ4v) is 1.65. The molecule has 1 aliphatic carbocycles. The van der Waals surface area contributed by atoms with Gasteiger partial charge in [0.1, 0.15) is 0 Å². The number of carbonyl (C=O) groups is 1. The zero-order valence-electron chi connectivity index (χ0n) is 8.54. The zero-order chi connectivity index (χ0) is 11.8. The quantitative estimate of drug-likeness (QED) is 0.784. The first-order chi connectivity index (χ1) is 7.54. The van der Waals surface area contributed by atoms with Crippen LogP contribution in [0.15, 0.2) is 36.9 Å². The molecule has 0 aliphatic heterocycles. The van der Waals surface area contributed by atoms with Gasteiger partial charge in [-0.15, -0.1) is 0 Å². The third-order valence-corrected chi connectivity index (χ3v) is 2.61. The second kappa shape index (κ2) is 3.70. The Bertz CT molecular complexity index is 442. The summed E-state index contributed by atoms with van der Waals surface area (Å²) in [4.78, 5) is 11.1. The van der Waals surface area contributed by atoms with E-state index in [0.29, 0.717) is 11.3 Å². The van der Waals surface area contributed by atoms with E-state index in [1.54, 1.807) is 24.3 Å². The van der Waals surface area contributed by atoms with Crippen molar-refractivity contribution in [2.24, 2.45) is 0 Å². The summed E-state index contributed by atoms with van der Waals surface area (Å²) in [5.74, 6) is -3.79. The van der Waals surface area contributed by atoms with Gasteiger partial charge in [-0.2, -0.15) is 0 Å². The minimum absolute atomic E-state index is 0.145. The number of alkyl halides is 2. The van der Waals surface area contributed by atoms with Crippen LogP contribution in [-0.4, -0.2) is 11.8 Å². The summed E-state index contributed by atoms with van der Waals surface area (Å²) in [5, 5.41) is 2.53. The highest BCUT2D eigenvalue weighted by molar-refractivity contribution is 5.99. The molecule has 1 aliphatic rings. The van der Waals surface area contributed by atoms with Crippen LogP contribution in [0.4, 0.5) is 14.5 Å². The minimum atomic E-state index is -2.63. The lowest BCUT2D eigenvalue weighted by Crippen LogP contribution is -2.09. The van der Waals surface area contributed by atoms with Gasteiger partial charge in [0, 0.05) is 12.1 Å². The van der Waals surface area contributed by atoms with E-state index in [-0.39, 0.29) is 6.42 Å². The summed E-state index contributed by atoms with van der Waals surface area (Å²) >= 11 is 0. The van der Waals surface area contributed by atoms with Gasteiger partial charge in [-0.1, -0.05) is 24.8 Å². The Kier molecular flexibility index (Phi) is 2.50. The highest BCUT2D eigenvalue weighted by atomic mass is 19.3. The average Bonchev–Trinajstić information content (AvgIpc) is 2.88. The van der Waals surface area contributed by atoms with E-state index in [0.717, 1.165) is 6.08 Å². The topological polar surface area (TPSA) is 29.1 Å². The van der Waals surface area contributed by atoms with Crippen LogP contribution in [0.5, 0.6) is 0 Å². The van der Waals surface area contributed by atoms with Crippen LogP contribution in [0.1, 0.15) is 17.9 Å². The highest BCUT2D eigenvalue weighted by Crippen LogP contribution is 2.57. The van der Waals surface area contributed by atoms with Crippen molar-refractivity contribution in [2.75, 3.05) is 5.32 Å². The second-order valence-corrected chi connectivity index (χ2v) is 3.80. The van der Waals surface area contributed by atoms with E-state index in [1.165, 1.54) is 0 Å². The maximum atomic E-state index is 12.9. The monoisotopic (exact) mass is 223 g/mol. The van der Waals surface area contributed by atoms with Crippen LogP contribution in [0.3, 0.4) is 0 Å². The molecule has 2 rings (SSSR count). The van der Waals surface area contributed by atoms with Gasteiger partial charge < -0.3 is 5.32 Å². The van der Waals surface area contributed by atoms with Crippen LogP contribution in [0.25, 0.3) is 0 Å². The molecule has 84 valence electrons. The Balaban J connectivity index is 2.25. The van der Waals surface area contributed by atoms with Gasteiger partial charge in [-0.25, -0.2) is 8.78 Å². The molecule has 0 radical (unpaired) electrons. The molecule has 1 N–H and O–H groups in total. The summed E-state index contributed by atoms with van der Waals surface area (Å²) in [6, 6.07) is 6.62. The fraction of sp³-hybridized carbons (Fsp3) is 0.250. The molecule has 0 aromatic heterocycles. The maximum Gasteiger partial charge on any atom is 0.256 e. The molecule has 1 fully saturated rings. The average molecular weight is 223 g/mol. The van der Waals surface area contributed by atoms with Crippen LogP contribution < -0.4 is 5.32 Å². The molecule has 0 heterocycles. The van der Waals surface area contributed by atoms with Crippen molar-refractivity contribution < 1.29 is 13.6 Å². The SMILES string of the molecule is C=CC(=O)Nc1ccccc1C1CC1(F)F. The second-order valence-electron chi connectivity index (χ2n) is 3.80. The van der Waals surface area contributed by atoms with Crippen LogP contribution >= 0.6 is 0 Å². The number of hydrogen-bond donors (Lipinski definition) is 1. The standard InChI is InChI=1S/C12H11F2NO/c1-2-11(16)15-10-6-4-3-5-8(10)9-7-12(9,13)14/h2-6,9H,1,7H2,(H,15,16). The molecule has 1 aromatic carbocycles. The maximum absolute atomic E-state index is 12.9. The van der Waals surface area contributed by atoms with Gasteiger partial charge >= 0.3 is 0 Å². The van der Waals surface area contributed by atoms with Gasteiger partial charge in [-0.05, 0) is 17.7 Å². The number of halogens is 2. The number of amides is 1. The third-order valence-electron chi connectivity index (χ3n) is 2.61. The molecular weight excluding hydrogens is 212 g/mol. The fourth-order valence-electron chi connectivity index (χ4n) is 1.65. The molecule has 0 bridgehead atoms. The first kappa shape index (κ1) is 10.8. The van der Waals surface area contributed by atoms with Crippen molar-refractivity contribution in [3.8, 4) is 0 Å². The lowest BCUT2D eigenvalue weighted by atomic mass is 10.1. The highest BCUT2D eigenvalue weighted by Gasteiger charge is 2.58. The Morgan fingerprint density at radius 1 is 1.50 bits per heavy atom. The molecule has 4 heteroatoms. The summed E-state index contributed by atoms with van der Waals surface area (Å²) in [6.45, 7) is 3.32. The molecule has 0 saturated heterocycles. The molecule has 16 heavy (non-hydrogen) atoms. The number of rotatable bonds is 3. The predicted molar refractivity (Wildman–Crippen MR) is 57.6 cm³/mol. The first-order valence-corrected chi connectivity index (χ1v) is 4.95. The van der Waals surface area contributed by atoms with Crippen molar-refractivity contribution in [2.45, 2.75) is 18.3 Å². The summed E-state index contributed by atoms with van der Waals surface area (Å²) in [5.41, 5.74) is 0.928. The van der Waals surface area contributed by atoms with E-state index < -0.39 is 17.7 Å². The first-order valence-electron chi connectivity index (χ1n) is 4.95. The summed E-state index contributed by atoms with van der Waals surface area (Å²) < 4.78 is 25.9. The molecule has 0 spiro atoms. The van der Waals surface area contributed by atoms with Crippen molar-refractivity contribution in [1.29, 1.82) is 0 Å². The van der Waals surface area contributed by atoms with Gasteiger partial charge in [0.25, 0.3) is 5.92 Å². The molecular formula is C12H11F2NO. The number of benzene rings is 1. The Morgan fingerprint density at radius 2 is 2.12 bits per heavy atom. The van der Waals surface area contributed by atoms with Gasteiger partial charge in [0.15, 0.2) is 0 Å². The number of carbonyl (C=O) groups excluding carboxylic acids is 1. The molecule has 1 amide bonds. The minimum Gasteiger partial charge on any atom is -0.322 e. The van der Waals surface area contributed by atoms with Crippen molar-refractivity contribution >= 4 is 11.6 Å². The third kappa shape index (κ3) is 1.96. The summed E-state index contributed by atoms with van der Waals surface area (Å²) in [6.07, 6.45) is 0.968. The van der Waals surface area contributed by atoms with Crippen LogP contribution in [0.2, 0.25) is 0 Å². The lowest BCUT2D eigenvalue weighted by molar-refractivity contribution is -0.111. The number of para-hydroxylation sites is 1. The Labute approximate surface area is 92.0 Å². The molecule has 2 nitrogen and oxygen atoms in total. The molecule has 1 saturated carbocycles. The summed E-state index contributed by atoms with van der Waals surface area (Å²) in [7, 11) is 0. The number of hydrogen-bond acceptors (Lipinski definition) is 1. The van der Waals surface area contributed by atoms with E-state index in [4.69, 9.17) is 0 Å². The normalized spacial score (nSPS) is 21.2. The van der Waals surface area contributed by atoms with Crippen molar-refractivity contribution in [1.82, 2.24) is 0 Å². The smallest absolute Gasteiger partial charge is 0.256 e. The van der Waals surface area contributed by atoms with Crippen LogP contribution in [-0.2, 0) is 4.79 Å². The van der Waals surface area contributed by atoms with E-state index in [9.17, 15) is 13.6 Å². The Morgan fingerprint density at radius 3 is 2.69 bits per heavy atom. The van der Waals surface area contributed by atoms with Gasteiger partial charge in [-0.3, -0.25) is 4.79 Å².